The predicted octanol–water partition coefficient (Wildman–Crippen LogP) is 4.76. The van der Waals surface area contributed by atoms with Crippen LogP contribution in [0.3, 0.4) is 0 Å². The molecule has 0 aromatic carbocycles. The smallest absolute Gasteiger partial charge is 0.566 e. The molecule has 0 amide bonds. The second kappa shape index (κ2) is 22.6. The number of hydrogen-bond acceptors (Lipinski definition) is 6. The summed E-state index contributed by atoms with van der Waals surface area (Å²) < 4.78 is 29.4. The van der Waals surface area contributed by atoms with Gasteiger partial charge >= 0.3 is 33.3 Å². The van der Waals surface area contributed by atoms with Gasteiger partial charge < -0.3 is 9.79 Å². The van der Waals surface area contributed by atoms with Gasteiger partial charge in [-0.3, -0.25) is 0 Å². The molecule has 1 radical (unpaired) electrons. The quantitative estimate of drug-likeness (QED) is 0.284. The van der Waals surface area contributed by atoms with Crippen LogP contribution in [0.15, 0.2) is 0 Å². The molecule has 0 N–H and O–H groups in total. The van der Waals surface area contributed by atoms with E-state index in [-0.39, 0.29) is 29.0 Å². The average Bonchev–Trinajstić information content (AvgIpc) is 2.47. The molecule has 0 aromatic heterocycles. The van der Waals surface area contributed by atoms with Crippen molar-refractivity contribution >= 4 is 16.5 Å². The van der Waals surface area contributed by atoms with Crippen LogP contribution in [-0.2, 0) is 35.0 Å². The van der Waals surface area contributed by atoms with Crippen LogP contribution in [0.4, 0.5) is 0 Å². The molecule has 4 atom stereocenters. The van der Waals surface area contributed by atoms with Gasteiger partial charge in [-0.25, -0.2) is 0 Å². The van der Waals surface area contributed by atoms with Crippen LogP contribution in [0.25, 0.3) is 0 Å². The molecular formula is C16H34CoO6P2+2. The molecule has 0 aliphatic rings. The van der Waals surface area contributed by atoms with Crippen LogP contribution in [0.2, 0.25) is 0 Å². The van der Waals surface area contributed by atoms with Gasteiger partial charge in [0.25, 0.3) is 0 Å². The zero-order valence-electron chi connectivity index (χ0n) is 15.9. The third kappa shape index (κ3) is 29.6. The van der Waals surface area contributed by atoms with Gasteiger partial charge in [-0.1, -0.05) is 65.2 Å². The molecule has 0 aliphatic heterocycles. The first-order chi connectivity index (χ1) is 11.3. The maximum absolute atomic E-state index is 10.1. The van der Waals surface area contributed by atoms with Crippen molar-refractivity contribution in [3.05, 3.63) is 0 Å². The van der Waals surface area contributed by atoms with Gasteiger partial charge in [0.2, 0.25) is 0 Å². The topological polar surface area (TPSA) is 98.7 Å². The Morgan fingerprint density at radius 1 is 0.720 bits per heavy atom. The van der Waals surface area contributed by atoms with Crippen LogP contribution in [-0.4, -0.2) is 12.2 Å². The molecule has 4 unspecified atom stereocenters. The second-order valence-corrected chi connectivity index (χ2v) is 7.29. The summed E-state index contributed by atoms with van der Waals surface area (Å²) in [5.74, 6) is 0. The Morgan fingerprint density at radius 2 is 1.04 bits per heavy atom. The molecule has 0 aliphatic carbocycles. The molecule has 0 saturated carbocycles. The Balaban J connectivity index is -0.000000372. The van der Waals surface area contributed by atoms with Crippen LogP contribution in [0.5, 0.6) is 0 Å². The Morgan fingerprint density at radius 3 is 1.28 bits per heavy atom. The Kier molecular flexibility index (Phi) is 27.4. The van der Waals surface area contributed by atoms with E-state index in [1.165, 1.54) is 38.5 Å². The average molecular weight is 443 g/mol. The van der Waals surface area contributed by atoms with E-state index in [2.05, 4.69) is 22.9 Å². The Hall–Kier alpha value is 0.546. The summed E-state index contributed by atoms with van der Waals surface area (Å²) in [6.45, 7) is 7.87. The van der Waals surface area contributed by atoms with E-state index in [9.17, 15) is 18.9 Å². The summed E-state index contributed by atoms with van der Waals surface area (Å²) in [5, 5.41) is 0. The predicted molar refractivity (Wildman–Crippen MR) is 93.8 cm³/mol. The van der Waals surface area contributed by atoms with E-state index in [1.54, 1.807) is 13.8 Å². The minimum absolute atomic E-state index is 0. The largest absolute Gasteiger partial charge is 2.00 e. The number of unbranched alkanes of at least 4 members (excludes halogenated alkanes) is 6. The number of rotatable bonds is 14. The van der Waals surface area contributed by atoms with Crippen molar-refractivity contribution in [2.24, 2.45) is 0 Å². The third-order valence-electron chi connectivity index (χ3n) is 3.46. The summed E-state index contributed by atoms with van der Waals surface area (Å²) in [4.78, 5) is 20.2. The normalized spacial score (nSPS) is 13.8. The molecule has 0 heterocycles. The van der Waals surface area contributed by atoms with E-state index >= 15 is 0 Å². The molecule has 151 valence electrons. The van der Waals surface area contributed by atoms with Crippen molar-refractivity contribution < 1.29 is 44.7 Å². The van der Waals surface area contributed by atoms with E-state index in [1.807, 2.05) is 0 Å². The second-order valence-electron chi connectivity index (χ2n) is 5.98. The van der Waals surface area contributed by atoms with Crippen LogP contribution < -0.4 is 9.79 Å². The molecule has 6 nitrogen and oxygen atoms in total. The molecule has 0 saturated heterocycles. The monoisotopic (exact) mass is 443 g/mol. The van der Waals surface area contributed by atoms with Gasteiger partial charge in [-0.15, -0.1) is 9.05 Å². The van der Waals surface area contributed by atoms with Crippen molar-refractivity contribution in [1.29, 1.82) is 0 Å². The maximum Gasteiger partial charge on any atom is 2.00 e. The van der Waals surface area contributed by atoms with E-state index in [4.69, 9.17) is 0 Å². The molecule has 0 rings (SSSR count). The van der Waals surface area contributed by atoms with Gasteiger partial charge in [-0.05, 0) is 35.8 Å². The van der Waals surface area contributed by atoms with E-state index in [0.29, 0.717) is 0 Å². The first-order valence-electron chi connectivity index (χ1n) is 8.95. The van der Waals surface area contributed by atoms with Crippen molar-refractivity contribution in [2.75, 3.05) is 0 Å². The summed E-state index contributed by atoms with van der Waals surface area (Å²) in [6.07, 6.45) is 10.6. The third-order valence-corrected chi connectivity index (χ3v) is 4.52. The molecule has 9 heteroatoms. The molecule has 0 spiro atoms. The van der Waals surface area contributed by atoms with Gasteiger partial charge in [-0.2, -0.15) is 0 Å². The van der Waals surface area contributed by atoms with Crippen LogP contribution >= 0.6 is 16.5 Å². The van der Waals surface area contributed by atoms with Crippen molar-refractivity contribution in [3.8, 4) is 0 Å². The fourth-order valence-electron chi connectivity index (χ4n) is 2.12. The first-order valence-corrected chi connectivity index (χ1v) is 11.1. The molecule has 0 aromatic rings. The summed E-state index contributed by atoms with van der Waals surface area (Å²) in [7, 11) is -5.33. The van der Waals surface area contributed by atoms with Crippen LogP contribution in [0.1, 0.15) is 91.9 Å². The SMILES string of the molecule is CCCCCCC(C)O[P+](=O)[O-].CCCCCCC(C)O[P+](=O)[O-].[Co+2]. The van der Waals surface area contributed by atoms with E-state index < -0.39 is 16.5 Å². The zero-order valence-corrected chi connectivity index (χ0v) is 18.7. The minimum atomic E-state index is -2.66. The molecule has 25 heavy (non-hydrogen) atoms. The fraction of sp³-hybridized carbons (Fsp3) is 1.00. The Labute approximate surface area is 165 Å². The van der Waals surface area contributed by atoms with Crippen LogP contribution in [0, 0.1) is 0 Å². The van der Waals surface area contributed by atoms with Gasteiger partial charge in [0.15, 0.2) is 0 Å². The van der Waals surface area contributed by atoms with E-state index in [0.717, 1.165) is 25.7 Å². The van der Waals surface area contributed by atoms with Crippen molar-refractivity contribution in [1.82, 2.24) is 0 Å². The summed E-state index contributed by atoms with van der Waals surface area (Å²) in [5.41, 5.74) is 0. The molecule has 0 bridgehead atoms. The molecule has 0 fully saturated rings. The van der Waals surface area contributed by atoms with Crippen molar-refractivity contribution in [2.45, 2.75) is 104 Å². The zero-order chi connectivity index (χ0) is 18.8. The minimum Gasteiger partial charge on any atom is -0.566 e. The maximum atomic E-state index is 10.1. The van der Waals surface area contributed by atoms with Gasteiger partial charge in [0, 0.05) is 0 Å². The van der Waals surface area contributed by atoms with Gasteiger partial charge in [0.1, 0.15) is 12.2 Å². The fourth-order valence-corrected chi connectivity index (χ4v) is 2.91. The van der Waals surface area contributed by atoms with Crippen molar-refractivity contribution in [3.63, 3.8) is 0 Å². The summed E-state index contributed by atoms with van der Waals surface area (Å²) in [6, 6.07) is 0. The van der Waals surface area contributed by atoms with Gasteiger partial charge in [0.05, 0.1) is 0 Å². The first kappa shape index (κ1) is 30.3. The standard InChI is InChI=1S/2C8H17O3P.Co/c2*1-3-4-5-6-7-8(2)11-12(9)10;/h2*8H,3-7H2,1-2H3;/q;;+2. The Bertz CT molecular complexity index is 291. The number of hydrogen-bond donors (Lipinski definition) is 0. The molecular weight excluding hydrogens is 409 g/mol. The summed E-state index contributed by atoms with van der Waals surface area (Å²) >= 11 is 0.